The Hall–Kier alpha value is -1.88. The van der Waals surface area contributed by atoms with Crippen LogP contribution in [0.2, 0.25) is 0 Å². The van der Waals surface area contributed by atoms with Crippen molar-refractivity contribution in [1.29, 1.82) is 0 Å². The van der Waals surface area contributed by atoms with Crippen molar-refractivity contribution in [2.24, 2.45) is 0 Å². The summed E-state index contributed by atoms with van der Waals surface area (Å²) in [5.41, 5.74) is 0.0330. The average Bonchev–Trinajstić information content (AvgIpc) is 2.64. The second-order valence-corrected chi connectivity index (χ2v) is 5.21. The van der Waals surface area contributed by atoms with Crippen molar-refractivity contribution >= 4 is 11.9 Å². The number of carbonyl (C=O) groups is 2. The number of hydrogen-bond acceptors (Lipinski definition) is 3. The number of aliphatic hydroxyl groups excluding tert-OH is 1. The molecule has 5 heteroatoms. The molecule has 100 valence electrons. The van der Waals surface area contributed by atoms with Gasteiger partial charge in [0.25, 0.3) is 5.91 Å². The Bertz CT molecular complexity index is 511. The minimum absolute atomic E-state index is 0.0103. The molecule has 0 bridgehead atoms. The first kappa shape index (κ1) is 12.2. The van der Waals surface area contributed by atoms with Crippen LogP contribution in [-0.2, 0) is 4.79 Å². The SMILES string of the molecule is O=C1NC2(CCC2)C(=O)N1CC(O)c1ccccc1. The lowest BCUT2D eigenvalue weighted by Gasteiger charge is -2.35. The maximum absolute atomic E-state index is 12.2. The van der Waals surface area contributed by atoms with Gasteiger partial charge in [0.2, 0.25) is 0 Å². The molecule has 1 aromatic carbocycles. The second kappa shape index (κ2) is 4.35. The van der Waals surface area contributed by atoms with Gasteiger partial charge in [-0.15, -0.1) is 0 Å². The third kappa shape index (κ3) is 1.90. The zero-order valence-electron chi connectivity index (χ0n) is 10.5. The number of nitrogens with one attached hydrogen (secondary N) is 1. The molecule has 1 spiro atoms. The fourth-order valence-corrected chi connectivity index (χ4v) is 2.66. The Morgan fingerprint density at radius 1 is 1.26 bits per heavy atom. The molecule has 3 amide bonds. The van der Waals surface area contributed by atoms with Crippen molar-refractivity contribution in [3.05, 3.63) is 35.9 Å². The summed E-state index contributed by atoms with van der Waals surface area (Å²) in [5, 5.41) is 12.9. The normalized spacial score (nSPS) is 22.3. The number of β-amino-alcohol motifs (C(OH)–C–C–N with tert-alkyl or cyclic N) is 1. The predicted molar refractivity (Wildman–Crippen MR) is 68.2 cm³/mol. The molecule has 1 aliphatic heterocycles. The molecule has 2 aliphatic rings. The Balaban J connectivity index is 1.73. The van der Waals surface area contributed by atoms with Crippen LogP contribution in [0.1, 0.15) is 30.9 Å². The van der Waals surface area contributed by atoms with Crippen molar-refractivity contribution in [2.45, 2.75) is 30.9 Å². The zero-order chi connectivity index (χ0) is 13.5. The molecule has 1 saturated heterocycles. The first-order valence-corrected chi connectivity index (χ1v) is 6.49. The molecular formula is C14H16N2O3. The van der Waals surface area contributed by atoms with Gasteiger partial charge in [0.1, 0.15) is 5.54 Å². The van der Waals surface area contributed by atoms with E-state index in [2.05, 4.69) is 5.32 Å². The Morgan fingerprint density at radius 3 is 2.47 bits per heavy atom. The minimum atomic E-state index is -0.842. The highest BCUT2D eigenvalue weighted by Gasteiger charge is 2.54. The number of urea groups is 1. The average molecular weight is 260 g/mol. The third-order valence-corrected chi connectivity index (χ3v) is 3.99. The fraction of sp³-hybridized carbons (Fsp3) is 0.429. The van der Waals surface area contributed by atoms with Gasteiger partial charge in [0, 0.05) is 0 Å². The number of nitrogens with zero attached hydrogens (tertiary/aromatic N) is 1. The lowest BCUT2D eigenvalue weighted by Crippen LogP contribution is -2.52. The van der Waals surface area contributed by atoms with Crippen LogP contribution in [0.3, 0.4) is 0 Å². The highest BCUT2D eigenvalue weighted by Crippen LogP contribution is 2.37. The highest BCUT2D eigenvalue weighted by molar-refractivity contribution is 6.07. The lowest BCUT2D eigenvalue weighted by molar-refractivity contribution is -0.135. The Labute approximate surface area is 111 Å². The van der Waals surface area contributed by atoms with Crippen LogP contribution < -0.4 is 5.32 Å². The molecule has 5 nitrogen and oxygen atoms in total. The van der Waals surface area contributed by atoms with Gasteiger partial charge in [-0.1, -0.05) is 30.3 Å². The van der Waals surface area contributed by atoms with E-state index >= 15 is 0 Å². The summed E-state index contributed by atoms with van der Waals surface area (Å²) in [6, 6.07) is 8.66. The van der Waals surface area contributed by atoms with Crippen LogP contribution in [-0.4, -0.2) is 34.0 Å². The van der Waals surface area contributed by atoms with E-state index in [1.54, 1.807) is 12.1 Å². The predicted octanol–water partition coefficient (Wildman–Crippen LogP) is 1.19. The third-order valence-electron chi connectivity index (χ3n) is 3.99. The summed E-state index contributed by atoms with van der Waals surface area (Å²) in [6.45, 7) is 0.0103. The monoisotopic (exact) mass is 260 g/mol. The summed E-state index contributed by atoms with van der Waals surface area (Å²) < 4.78 is 0. The first-order chi connectivity index (χ1) is 9.12. The van der Waals surface area contributed by atoms with Crippen LogP contribution in [0.15, 0.2) is 30.3 Å². The summed E-state index contributed by atoms with van der Waals surface area (Å²) in [7, 11) is 0. The first-order valence-electron chi connectivity index (χ1n) is 6.49. The number of rotatable bonds is 3. The Morgan fingerprint density at radius 2 is 1.95 bits per heavy atom. The molecule has 19 heavy (non-hydrogen) atoms. The van der Waals surface area contributed by atoms with E-state index in [4.69, 9.17) is 0 Å². The molecular weight excluding hydrogens is 244 g/mol. The number of benzene rings is 1. The van der Waals surface area contributed by atoms with Crippen LogP contribution in [0.4, 0.5) is 4.79 Å². The van der Waals surface area contributed by atoms with E-state index in [1.165, 1.54) is 0 Å². The van der Waals surface area contributed by atoms with Crippen LogP contribution in [0.5, 0.6) is 0 Å². The zero-order valence-corrected chi connectivity index (χ0v) is 10.5. The molecule has 2 fully saturated rings. The number of carbonyl (C=O) groups excluding carboxylic acids is 2. The van der Waals surface area contributed by atoms with Gasteiger partial charge < -0.3 is 10.4 Å². The summed E-state index contributed by atoms with van der Waals surface area (Å²) in [6.07, 6.45) is 1.53. The van der Waals surface area contributed by atoms with Gasteiger partial charge in [-0.2, -0.15) is 0 Å². The molecule has 1 unspecified atom stereocenters. The topological polar surface area (TPSA) is 69.6 Å². The van der Waals surface area contributed by atoms with Gasteiger partial charge in [0.05, 0.1) is 12.6 Å². The van der Waals surface area contributed by atoms with E-state index in [0.29, 0.717) is 18.4 Å². The summed E-state index contributed by atoms with van der Waals surface area (Å²) in [5.74, 6) is -0.196. The van der Waals surface area contributed by atoms with Crippen molar-refractivity contribution in [1.82, 2.24) is 10.2 Å². The van der Waals surface area contributed by atoms with Gasteiger partial charge in [-0.05, 0) is 24.8 Å². The van der Waals surface area contributed by atoms with Crippen LogP contribution >= 0.6 is 0 Å². The van der Waals surface area contributed by atoms with E-state index in [0.717, 1.165) is 11.3 Å². The number of amides is 3. The number of hydrogen-bond donors (Lipinski definition) is 2. The van der Waals surface area contributed by atoms with Gasteiger partial charge >= 0.3 is 6.03 Å². The highest BCUT2D eigenvalue weighted by atomic mass is 16.3. The van der Waals surface area contributed by atoms with Crippen LogP contribution in [0.25, 0.3) is 0 Å². The molecule has 1 saturated carbocycles. The van der Waals surface area contributed by atoms with Crippen molar-refractivity contribution in [3.8, 4) is 0 Å². The van der Waals surface area contributed by atoms with E-state index in [9.17, 15) is 14.7 Å². The largest absolute Gasteiger partial charge is 0.387 e. The molecule has 1 heterocycles. The fourth-order valence-electron chi connectivity index (χ4n) is 2.66. The lowest BCUT2D eigenvalue weighted by atomic mass is 9.77. The quantitative estimate of drug-likeness (QED) is 0.802. The molecule has 0 radical (unpaired) electrons. The summed E-state index contributed by atoms with van der Waals surface area (Å²) >= 11 is 0. The number of aliphatic hydroxyl groups is 1. The van der Waals surface area contributed by atoms with E-state index in [1.807, 2.05) is 18.2 Å². The molecule has 1 atom stereocenters. The minimum Gasteiger partial charge on any atom is -0.387 e. The number of imide groups is 1. The standard InChI is InChI=1S/C14H16N2O3/c17-11(10-5-2-1-3-6-10)9-16-12(18)14(7-4-8-14)15-13(16)19/h1-3,5-6,11,17H,4,7-9H2,(H,15,19). The van der Waals surface area contributed by atoms with Gasteiger partial charge in [-0.3, -0.25) is 9.69 Å². The molecule has 2 N–H and O–H groups in total. The Kier molecular flexibility index (Phi) is 2.78. The molecule has 1 aliphatic carbocycles. The maximum atomic E-state index is 12.2. The van der Waals surface area contributed by atoms with Gasteiger partial charge in [0.15, 0.2) is 0 Å². The molecule has 1 aromatic rings. The van der Waals surface area contributed by atoms with Gasteiger partial charge in [-0.25, -0.2) is 4.79 Å². The second-order valence-electron chi connectivity index (χ2n) is 5.21. The van der Waals surface area contributed by atoms with E-state index in [-0.39, 0.29) is 18.5 Å². The summed E-state index contributed by atoms with van der Waals surface area (Å²) in [4.78, 5) is 25.2. The van der Waals surface area contributed by atoms with Crippen LogP contribution in [0, 0.1) is 0 Å². The smallest absolute Gasteiger partial charge is 0.325 e. The molecule has 0 aromatic heterocycles. The maximum Gasteiger partial charge on any atom is 0.325 e. The molecule has 3 rings (SSSR count). The van der Waals surface area contributed by atoms with Crippen molar-refractivity contribution in [3.63, 3.8) is 0 Å². The van der Waals surface area contributed by atoms with Crippen molar-refractivity contribution < 1.29 is 14.7 Å². The van der Waals surface area contributed by atoms with E-state index < -0.39 is 11.6 Å². The van der Waals surface area contributed by atoms with Crippen molar-refractivity contribution in [2.75, 3.05) is 6.54 Å².